The van der Waals surface area contributed by atoms with Gasteiger partial charge in [-0.25, -0.2) is 0 Å². The first-order valence-electron chi connectivity index (χ1n) is 8.73. The summed E-state index contributed by atoms with van der Waals surface area (Å²) in [6.07, 6.45) is 3.08. The van der Waals surface area contributed by atoms with E-state index in [1.807, 2.05) is 18.2 Å². The Balaban J connectivity index is 1.64. The van der Waals surface area contributed by atoms with E-state index < -0.39 is 0 Å². The second kappa shape index (κ2) is 7.81. The summed E-state index contributed by atoms with van der Waals surface area (Å²) in [5, 5.41) is 16.4. The van der Waals surface area contributed by atoms with Gasteiger partial charge < -0.3 is 10.6 Å². The van der Waals surface area contributed by atoms with Gasteiger partial charge in [0.05, 0.1) is 12.1 Å². The van der Waals surface area contributed by atoms with Gasteiger partial charge in [0, 0.05) is 10.9 Å². The number of carbonyl (C=O) groups is 1. The van der Waals surface area contributed by atoms with E-state index in [2.05, 4.69) is 42.7 Å². The van der Waals surface area contributed by atoms with E-state index in [1.54, 1.807) is 11.3 Å². The molecule has 1 aliphatic carbocycles. The molecule has 0 saturated carbocycles. The highest BCUT2D eigenvalue weighted by Crippen LogP contribution is 2.38. The largest absolute Gasteiger partial charge is 0.315 e. The average Bonchev–Trinajstić information content (AvgIpc) is 3.16. The second-order valence-corrected chi connectivity index (χ2v) is 7.84. The molecule has 2 aromatic rings. The van der Waals surface area contributed by atoms with E-state index in [1.165, 1.54) is 10.4 Å². The fraction of sp³-hybridized carbons (Fsp3) is 0.400. The summed E-state index contributed by atoms with van der Waals surface area (Å²) < 4.78 is 0. The lowest BCUT2D eigenvalue weighted by Gasteiger charge is -2.22. The number of nitrogens with one attached hydrogen (secondary N) is 2. The van der Waals surface area contributed by atoms with Gasteiger partial charge in [-0.05, 0) is 36.3 Å². The molecule has 0 radical (unpaired) electrons. The lowest BCUT2D eigenvalue weighted by atomic mass is 9.96. The summed E-state index contributed by atoms with van der Waals surface area (Å²) in [6.45, 7) is 4.51. The van der Waals surface area contributed by atoms with Gasteiger partial charge in [0.25, 0.3) is 0 Å². The van der Waals surface area contributed by atoms with Gasteiger partial charge in [-0.3, -0.25) is 4.79 Å². The SMILES string of the molecule is CC(C)[C@@H](NCC(=O)Nc1sc2c(c1C#N)CCC2)c1ccccc1. The van der Waals surface area contributed by atoms with Crippen molar-refractivity contribution >= 4 is 22.2 Å². The van der Waals surface area contributed by atoms with Crippen molar-refractivity contribution in [1.29, 1.82) is 5.26 Å². The number of anilines is 1. The molecule has 1 amide bonds. The minimum atomic E-state index is -0.0991. The number of carbonyl (C=O) groups excluding carboxylic acids is 1. The van der Waals surface area contributed by atoms with E-state index >= 15 is 0 Å². The maximum absolute atomic E-state index is 12.4. The van der Waals surface area contributed by atoms with Crippen molar-refractivity contribution in [2.75, 3.05) is 11.9 Å². The molecule has 0 aliphatic heterocycles. The third-order valence-corrected chi connectivity index (χ3v) is 5.80. The average molecular weight is 353 g/mol. The van der Waals surface area contributed by atoms with Crippen LogP contribution in [0.4, 0.5) is 5.00 Å². The molecule has 0 bridgehead atoms. The summed E-state index contributed by atoms with van der Waals surface area (Å²) in [5.41, 5.74) is 2.98. The normalized spacial score (nSPS) is 14.2. The molecule has 0 unspecified atom stereocenters. The number of fused-ring (bicyclic) bond motifs is 1. The quantitative estimate of drug-likeness (QED) is 0.824. The molecular weight excluding hydrogens is 330 g/mol. The molecule has 0 fully saturated rings. The minimum Gasteiger partial charge on any atom is -0.315 e. The second-order valence-electron chi connectivity index (χ2n) is 6.73. The predicted octanol–water partition coefficient (Wildman–Crippen LogP) is 4.03. The number of rotatable bonds is 6. The molecule has 5 heteroatoms. The van der Waals surface area contributed by atoms with E-state index in [0.717, 1.165) is 24.8 Å². The summed E-state index contributed by atoms with van der Waals surface area (Å²) in [6, 6.07) is 12.6. The van der Waals surface area contributed by atoms with Crippen LogP contribution in [0.1, 0.15) is 47.9 Å². The molecule has 1 aromatic heterocycles. The smallest absolute Gasteiger partial charge is 0.238 e. The molecule has 0 spiro atoms. The number of nitrogens with zero attached hydrogens (tertiary/aromatic N) is 1. The van der Waals surface area contributed by atoms with Crippen molar-refractivity contribution in [3.05, 3.63) is 51.9 Å². The van der Waals surface area contributed by atoms with Gasteiger partial charge in [-0.2, -0.15) is 5.26 Å². The Bertz CT molecular complexity index is 789. The first-order chi connectivity index (χ1) is 12.1. The number of benzene rings is 1. The van der Waals surface area contributed by atoms with Crippen LogP contribution in [-0.2, 0) is 17.6 Å². The van der Waals surface area contributed by atoms with Crippen LogP contribution in [0, 0.1) is 17.2 Å². The van der Waals surface area contributed by atoms with Gasteiger partial charge in [0.1, 0.15) is 11.1 Å². The van der Waals surface area contributed by atoms with Crippen molar-refractivity contribution in [3.63, 3.8) is 0 Å². The van der Waals surface area contributed by atoms with Crippen molar-refractivity contribution in [1.82, 2.24) is 5.32 Å². The molecule has 130 valence electrons. The Labute approximate surface area is 152 Å². The number of nitriles is 1. The summed E-state index contributed by atoms with van der Waals surface area (Å²) in [5.74, 6) is 0.272. The third-order valence-electron chi connectivity index (χ3n) is 4.59. The molecule has 0 saturated heterocycles. The van der Waals surface area contributed by atoms with Crippen molar-refractivity contribution in [3.8, 4) is 6.07 Å². The first kappa shape index (κ1) is 17.7. The maximum Gasteiger partial charge on any atom is 0.238 e. The highest BCUT2D eigenvalue weighted by Gasteiger charge is 2.23. The summed E-state index contributed by atoms with van der Waals surface area (Å²) in [4.78, 5) is 13.6. The number of thiophene rings is 1. The Hall–Kier alpha value is -2.16. The van der Waals surface area contributed by atoms with E-state index in [-0.39, 0.29) is 18.5 Å². The highest BCUT2D eigenvalue weighted by atomic mass is 32.1. The highest BCUT2D eigenvalue weighted by molar-refractivity contribution is 7.16. The molecule has 25 heavy (non-hydrogen) atoms. The third kappa shape index (κ3) is 3.92. The molecule has 1 aliphatic rings. The zero-order valence-electron chi connectivity index (χ0n) is 14.6. The van der Waals surface area contributed by atoms with E-state index in [4.69, 9.17) is 0 Å². The van der Waals surface area contributed by atoms with Crippen LogP contribution < -0.4 is 10.6 Å². The monoisotopic (exact) mass is 353 g/mol. The maximum atomic E-state index is 12.4. The predicted molar refractivity (Wildman–Crippen MR) is 102 cm³/mol. The minimum absolute atomic E-state index is 0.0991. The summed E-state index contributed by atoms with van der Waals surface area (Å²) >= 11 is 1.56. The van der Waals surface area contributed by atoms with Gasteiger partial charge in [-0.15, -0.1) is 11.3 Å². The van der Waals surface area contributed by atoms with Crippen LogP contribution in [0.25, 0.3) is 0 Å². The first-order valence-corrected chi connectivity index (χ1v) is 9.54. The van der Waals surface area contributed by atoms with Crippen molar-refractivity contribution < 1.29 is 4.79 Å². The summed E-state index contributed by atoms with van der Waals surface area (Å²) in [7, 11) is 0. The topological polar surface area (TPSA) is 64.9 Å². The molecule has 1 atom stereocenters. The van der Waals surface area contributed by atoms with E-state index in [9.17, 15) is 10.1 Å². The fourth-order valence-electron chi connectivity index (χ4n) is 3.38. The fourth-order valence-corrected chi connectivity index (χ4v) is 4.64. The van der Waals surface area contributed by atoms with E-state index in [0.29, 0.717) is 16.5 Å². The number of amides is 1. The van der Waals surface area contributed by atoms with Gasteiger partial charge in [0.2, 0.25) is 5.91 Å². The van der Waals surface area contributed by atoms with Crippen LogP contribution in [-0.4, -0.2) is 12.5 Å². The molecule has 2 N–H and O–H groups in total. The van der Waals surface area contributed by atoms with Crippen LogP contribution in [0.2, 0.25) is 0 Å². The Morgan fingerprint density at radius 3 is 2.72 bits per heavy atom. The van der Waals surface area contributed by atoms with Crippen LogP contribution >= 0.6 is 11.3 Å². The zero-order chi connectivity index (χ0) is 17.8. The number of hydrogen-bond acceptors (Lipinski definition) is 4. The zero-order valence-corrected chi connectivity index (χ0v) is 15.5. The lowest BCUT2D eigenvalue weighted by Crippen LogP contribution is -2.33. The van der Waals surface area contributed by atoms with Gasteiger partial charge >= 0.3 is 0 Å². The van der Waals surface area contributed by atoms with Crippen LogP contribution in [0.5, 0.6) is 0 Å². The Kier molecular flexibility index (Phi) is 5.52. The molecule has 1 heterocycles. The number of hydrogen-bond donors (Lipinski definition) is 2. The van der Waals surface area contributed by atoms with Gasteiger partial charge in [-0.1, -0.05) is 44.2 Å². The number of aryl methyl sites for hydroxylation is 1. The lowest BCUT2D eigenvalue weighted by molar-refractivity contribution is -0.115. The Morgan fingerprint density at radius 1 is 1.28 bits per heavy atom. The van der Waals surface area contributed by atoms with Crippen molar-refractivity contribution in [2.24, 2.45) is 5.92 Å². The van der Waals surface area contributed by atoms with Crippen LogP contribution in [0.15, 0.2) is 30.3 Å². The molecule has 3 rings (SSSR count). The van der Waals surface area contributed by atoms with Gasteiger partial charge in [0.15, 0.2) is 0 Å². The standard InChI is InChI=1S/C20H23N3OS/c1-13(2)19(14-7-4-3-5-8-14)22-12-18(24)23-20-16(11-21)15-9-6-10-17(15)25-20/h3-5,7-8,13,19,22H,6,9-10,12H2,1-2H3,(H,23,24)/t19-/m1/s1. The van der Waals surface area contributed by atoms with Crippen LogP contribution in [0.3, 0.4) is 0 Å². The molecular formula is C20H23N3OS. The molecule has 1 aromatic carbocycles. The van der Waals surface area contributed by atoms with Crippen molar-refractivity contribution in [2.45, 2.75) is 39.2 Å². The molecule has 4 nitrogen and oxygen atoms in total. The Morgan fingerprint density at radius 2 is 2.04 bits per heavy atom.